The molecule has 12 heteroatoms. The molecule has 3 N–H and O–H groups in total. The Morgan fingerprint density at radius 1 is 0.864 bits per heavy atom. The number of aliphatic hydroxyl groups is 2. The Bertz CT molecular complexity index is 1730. The molecule has 2 aromatic rings. The molecule has 2 unspecified atom stereocenters. The van der Waals surface area contributed by atoms with Gasteiger partial charge in [-0.1, -0.05) is 57.5 Å². The first-order chi connectivity index (χ1) is 26.8. The Morgan fingerprint density at radius 2 is 1.29 bits per heavy atom. The molecule has 0 radical (unpaired) electrons. The van der Waals surface area contributed by atoms with Gasteiger partial charge in [0.25, 0.3) is 10.1 Å². The molecule has 3 rings (SSSR count). The summed E-state index contributed by atoms with van der Waals surface area (Å²) >= 11 is 0. The van der Waals surface area contributed by atoms with Crippen LogP contribution in [0.15, 0.2) is 36.9 Å². The highest BCUT2D eigenvalue weighted by Crippen LogP contribution is 2.38. The highest BCUT2D eigenvalue weighted by molar-refractivity contribution is 7.86. The number of rotatable bonds is 14. The Morgan fingerprint density at radius 3 is 1.54 bits per heavy atom. The van der Waals surface area contributed by atoms with E-state index in [0.717, 1.165) is 40.0 Å². The van der Waals surface area contributed by atoms with Gasteiger partial charge in [0.2, 0.25) is 5.91 Å². The van der Waals surface area contributed by atoms with Crippen molar-refractivity contribution in [3.05, 3.63) is 70.3 Å². The molecule has 1 aliphatic rings. The molecule has 336 valence electrons. The topological polar surface area (TPSA) is 144 Å². The molecular formula is C47H78N2O9S. The normalized spacial score (nSPS) is 14.1. The Labute approximate surface area is 358 Å². The van der Waals surface area contributed by atoms with E-state index in [1.807, 2.05) is 41.5 Å². The molecule has 1 aliphatic heterocycles. The van der Waals surface area contributed by atoms with Crippen molar-refractivity contribution in [2.45, 2.75) is 139 Å². The van der Waals surface area contributed by atoms with Crippen molar-refractivity contribution in [1.29, 1.82) is 0 Å². The zero-order chi connectivity index (χ0) is 46.2. The summed E-state index contributed by atoms with van der Waals surface area (Å²) in [5.41, 5.74) is 6.07. The van der Waals surface area contributed by atoms with E-state index < -0.39 is 21.8 Å². The van der Waals surface area contributed by atoms with E-state index in [4.69, 9.17) is 20.6 Å². The third kappa shape index (κ3) is 23.8. The highest BCUT2D eigenvalue weighted by Gasteiger charge is 2.29. The number of aryl methyl sites for hydroxylation is 4. The van der Waals surface area contributed by atoms with E-state index in [0.29, 0.717) is 12.1 Å². The summed E-state index contributed by atoms with van der Waals surface area (Å²) in [6.45, 7) is 39.2. The van der Waals surface area contributed by atoms with Gasteiger partial charge in [0.15, 0.2) is 0 Å². The van der Waals surface area contributed by atoms with Gasteiger partial charge >= 0.3 is 0 Å². The minimum absolute atomic E-state index is 0.0955. The number of benzene rings is 2. The van der Waals surface area contributed by atoms with Gasteiger partial charge in [-0.05, 0) is 129 Å². The van der Waals surface area contributed by atoms with E-state index >= 15 is 0 Å². The lowest BCUT2D eigenvalue weighted by molar-refractivity contribution is -0.117. The summed E-state index contributed by atoms with van der Waals surface area (Å²) in [6.07, 6.45) is 6.73. The van der Waals surface area contributed by atoms with Crippen LogP contribution in [0, 0.1) is 46.0 Å². The first-order valence-electron chi connectivity index (χ1n) is 20.2. The van der Waals surface area contributed by atoms with Crippen molar-refractivity contribution in [3.63, 3.8) is 0 Å². The Kier molecular flexibility index (Phi) is 22.7. The molecule has 1 fully saturated rings. The molecule has 2 aromatic carbocycles. The maximum Gasteiger partial charge on any atom is 0.264 e. The fraction of sp³-hybridized carbons (Fsp3) is 0.638. The number of nitrogens with zero attached hydrogens (tertiary/aromatic N) is 1. The second kappa shape index (κ2) is 24.1. The molecule has 0 bridgehead atoms. The summed E-state index contributed by atoms with van der Waals surface area (Å²) < 4.78 is 42.6. The van der Waals surface area contributed by atoms with Gasteiger partial charge < -0.3 is 29.7 Å². The van der Waals surface area contributed by atoms with Crippen LogP contribution in [-0.4, -0.2) is 105 Å². The quantitative estimate of drug-likeness (QED) is 0.0572. The highest BCUT2D eigenvalue weighted by atomic mass is 32.2. The van der Waals surface area contributed by atoms with Crippen LogP contribution in [0.3, 0.4) is 0 Å². The van der Waals surface area contributed by atoms with Gasteiger partial charge in [0.1, 0.15) is 30.8 Å². The molecule has 59 heavy (non-hydrogen) atoms. The standard InChI is InChI=1S/C29H40O5.C7H13NO.C6H13N.C5H12O3S/c1-9-10-32-17-26(31)18-34-28-22(5)13-25(14-23(28)6)29(7,8)24-11-20(3)27(21(4)12-24)33-16-19(2)15-30;1-5-6(9)8-7(2,3)4;1-6(2,3)7-4-5-7;1-5(2,3)8-9(4,6)7/h1,11-14,19,26,30-31H,10,15-18H2,2-8H3;5H,1H2,2-4H3,(H,8,9);4-5H2,1-3H3;1-4H3. The average Bonchev–Trinajstić information content (AvgIpc) is 3.92. The Balaban J connectivity index is 0.00000108. The summed E-state index contributed by atoms with van der Waals surface area (Å²) in [7, 11) is -3.28. The van der Waals surface area contributed by atoms with Gasteiger partial charge in [0.05, 0.1) is 25.1 Å². The second-order valence-electron chi connectivity index (χ2n) is 18.8. The smallest absolute Gasteiger partial charge is 0.264 e. The van der Waals surface area contributed by atoms with Crippen molar-refractivity contribution in [3.8, 4) is 23.8 Å². The van der Waals surface area contributed by atoms with Crippen molar-refractivity contribution >= 4 is 16.0 Å². The van der Waals surface area contributed by atoms with E-state index in [1.165, 1.54) is 30.3 Å². The summed E-state index contributed by atoms with van der Waals surface area (Å²) in [4.78, 5) is 13.0. The van der Waals surface area contributed by atoms with Crippen LogP contribution in [0.25, 0.3) is 0 Å². The van der Waals surface area contributed by atoms with Gasteiger partial charge in [0, 0.05) is 42.1 Å². The molecule has 1 saturated heterocycles. The molecule has 0 aliphatic carbocycles. The van der Waals surface area contributed by atoms with Crippen LogP contribution in [0.5, 0.6) is 11.5 Å². The molecule has 11 nitrogen and oxygen atoms in total. The largest absolute Gasteiger partial charge is 0.493 e. The molecule has 1 heterocycles. The molecular weight excluding hydrogens is 769 g/mol. The van der Waals surface area contributed by atoms with Crippen molar-refractivity contribution in [2.75, 3.05) is 52.4 Å². The fourth-order valence-corrected chi connectivity index (χ4v) is 6.51. The number of terminal acetylenes is 1. The summed E-state index contributed by atoms with van der Waals surface area (Å²) in [6, 6.07) is 8.68. The number of amides is 1. The average molecular weight is 847 g/mol. The molecule has 0 spiro atoms. The molecule has 2 atom stereocenters. The summed E-state index contributed by atoms with van der Waals surface area (Å²) in [5, 5.41) is 22.1. The number of nitrogens with one attached hydrogen (secondary N) is 1. The van der Waals surface area contributed by atoms with Gasteiger partial charge in [-0.2, -0.15) is 8.42 Å². The third-order valence-electron chi connectivity index (χ3n) is 8.58. The van der Waals surface area contributed by atoms with E-state index in [-0.39, 0.29) is 49.2 Å². The minimum atomic E-state index is -3.28. The minimum Gasteiger partial charge on any atom is -0.493 e. The maximum atomic E-state index is 10.6. The van der Waals surface area contributed by atoms with Crippen molar-refractivity contribution in [1.82, 2.24) is 10.2 Å². The van der Waals surface area contributed by atoms with Crippen LogP contribution in [0.1, 0.15) is 116 Å². The monoisotopic (exact) mass is 847 g/mol. The van der Waals surface area contributed by atoms with Crippen LogP contribution in [0.4, 0.5) is 0 Å². The number of hydrogen-bond acceptors (Lipinski definition) is 10. The van der Waals surface area contributed by atoms with Gasteiger partial charge in [-0.3, -0.25) is 13.9 Å². The number of carbonyl (C=O) groups excluding carboxylic acids is 1. The predicted octanol–water partition coefficient (Wildman–Crippen LogP) is 7.59. The first-order valence-corrected chi connectivity index (χ1v) is 22.0. The van der Waals surface area contributed by atoms with E-state index in [1.54, 1.807) is 20.8 Å². The van der Waals surface area contributed by atoms with Crippen molar-refractivity contribution < 1.29 is 41.8 Å². The maximum absolute atomic E-state index is 10.6. The SMILES string of the molecule is C#CCOCC(O)COc1c(C)cc(C(C)(C)c2cc(C)c(OCC(C)CO)c(C)c2)cc1C.C=CC(=O)NC(C)(C)C.CC(C)(C)N1CC1.CC(C)(C)OS(C)(=O)=O. The summed E-state index contributed by atoms with van der Waals surface area (Å²) in [5.74, 6) is 4.03. The van der Waals surface area contributed by atoms with Crippen LogP contribution in [-0.2, 0) is 29.2 Å². The first kappa shape index (κ1) is 55.6. The second-order valence-corrected chi connectivity index (χ2v) is 20.4. The lowest BCUT2D eigenvalue weighted by Gasteiger charge is -2.29. The number of aliphatic hydroxyl groups excluding tert-OH is 2. The van der Waals surface area contributed by atoms with Gasteiger partial charge in [-0.25, -0.2) is 0 Å². The predicted molar refractivity (Wildman–Crippen MR) is 242 cm³/mol. The zero-order valence-electron chi connectivity index (χ0n) is 39.4. The van der Waals surface area contributed by atoms with Gasteiger partial charge in [-0.15, -0.1) is 6.42 Å². The van der Waals surface area contributed by atoms with E-state index in [2.05, 4.69) is 99.6 Å². The molecule has 0 aromatic heterocycles. The van der Waals surface area contributed by atoms with Crippen molar-refractivity contribution in [2.24, 2.45) is 5.92 Å². The number of ether oxygens (including phenoxy) is 3. The van der Waals surface area contributed by atoms with Crippen LogP contribution >= 0.6 is 0 Å². The Hall–Kier alpha value is -3.44. The third-order valence-corrected chi connectivity index (χ3v) is 9.39. The van der Waals surface area contributed by atoms with Crippen LogP contribution < -0.4 is 14.8 Å². The van der Waals surface area contributed by atoms with E-state index in [9.17, 15) is 23.4 Å². The van der Waals surface area contributed by atoms with Crippen LogP contribution in [0.2, 0.25) is 0 Å². The zero-order valence-corrected chi connectivity index (χ0v) is 40.2. The number of carbonyl (C=O) groups is 1. The molecule has 1 amide bonds. The lowest BCUT2D eigenvalue weighted by atomic mass is 9.76. The lowest BCUT2D eigenvalue weighted by Crippen LogP contribution is -2.39. The number of hydrogen-bond donors (Lipinski definition) is 3. The fourth-order valence-electron chi connectivity index (χ4n) is 5.60. The molecule has 0 saturated carbocycles.